The fourth-order valence-electron chi connectivity index (χ4n) is 4.92. The molecule has 1 heterocycles. The molecule has 2 rings (SSSR count). The summed E-state index contributed by atoms with van der Waals surface area (Å²) in [6, 6.07) is 9.94. The minimum atomic E-state index is -0.473. The lowest BCUT2D eigenvalue weighted by Gasteiger charge is -2.14. The van der Waals surface area contributed by atoms with Crippen molar-refractivity contribution in [1.29, 1.82) is 0 Å². The minimum Gasteiger partial charge on any atom is -0.392 e. The monoisotopic (exact) mass is 471 g/mol. The van der Waals surface area contributed by atoms with Gasteiger partial charge in [0.2, 0.25) is 5.84 Å². The Balaban J connectivity index is 1.60. The fourth-order valence-corrected chi connectivity index (χ4v) is 4.92. The maximum absolute atomic E-state index is 10.7. The second kappa shape index (κ2) is 18.6. The Hall–Kier alpha value is -1.65. The van der Waals surface area contributed by atoms with Crippen molar-refractivity contribution < 1.29 is 14.8 Å². The van der Waals surface area contributed by atoms with Crippen LogP contribution in [-0.4, -0.2) is 58.3 Å². The summed E-state index contributed by atoms with van der Waals surface area (Å²) >= 11 is 0. The van der Waals surface area contributed by atoms with Crippen LogP contribution in [0.3, 0.4) is 0 Å². The van der Waals surface area contributed by atoms with E-state index in [1.54, 1.807) is 0 Å². The van der Waals surface area contributed by atoms with Crippen LogP contribution in [0.5, 0.6) is 0 Å². The summed E-state index contributed by atoms with van der Waals surface area (Å²) in [5.74, 6) is 1.31. The van der Waals surface area contributed by atoms with Crippen LogP contribution in [0.15, 0.2) is 42.5 Å². The van der Waals surface area contributed by atoms with Crippen molar-refractivity contribution in [3.63, 3.8) is 0 Å². The number of aliphatic hydroxyl groups excluding tert-OH is 2. The van der Waals surface area contributed by atoms with Gasteiger partial charge in [0.05, 0.1) is 6.61 Å². The highest BCUT2D eigenvalue weighted by Gasteiger charge is 2.30. The van der Waals surface area contributed by atoms with Gasteiger partial charge in [-0.05, 0) is 37.7 Å². The van der Waals surface area contributed by atoms with E-state index in [0.717, 1.165) is 25.1 Å². The quantitative estimate of drug-likeness (QED) is 0.130. The Labute approximate surface area is 209 Å². The first-order valence-electron chi connectivity index (χ1n) is 14.1. The summed E-state index contributed by atoms with van der Waals surface area (Å²) < 4.78 is 2.34. The van der Waals surface area contributed by atoms with Crippen LogP contribution >= 0.6 is 0 Å². The van der Waals surface area contributed by atoms with Crippen LogP contribution in [0.4, 0.5) is 0 Å². The molecule has 0 radical (unpaired) electrons. The molecule has 0 fully saturated rings. The largest absolute Gasteiger partial charge is 0.392 e. The van der Waals surface area contributed by atoms with Gasteiger partial charge in [-0.25, -0.2) is 0 Å². The molecule has 34 heavy (non-hydrogen) atoms. The lowest BCUT2D eigenvalue weighted by atomic mass is 10.1. The standard InChI is InChI=1S/C30H51N2O2/c1-2-3-4-5-6-7-8-9-10-11-12-13-14-15-19-22-30-31(25-26-33)23-24-32(30)27-29(34)28-20-17-16-18-21-28/h9-10,16-18,20-21,29,33-34H,2-8,11-15,19,22-27H2,1H3/q+1/b10-9-. The average Bonchev–Trinajstić information content (AvgIpc) is 3.23. The van der Waals surface area contributed by atoms with E-state index in [1.165, 1.54) is 89.3 Å². The number of nitrogens with zero attached hydrogens (tertiary/aromatic N) is 2. The van der Waals surface area contributed by atoms with Gasteiger partial charge in [0.25, 0.3) is 0 Å². The second-order valence-electron chi connectivity index (χ2n) is 9.83. The lowest BCUT2D eigenvalue weighted by molar-refractivity contribution is -0.529. The molecule has 0 bridgehead atoms. The third-order valence-electron chi connectivity index (χ3n) is 6.98. The molecule has 1 aromatic rings. The van der Waals surface area contributed by atoms with Crippen molar-refractivity contribution in [3.05, 3.63) is 48.0 Å². The summed E-state index contributed by atoms with van der Waals surface area (Å²) in [4.78, 5) is 2.31. The molecule has 1 unspecified atom stereocenters. The maximum atomic E-state index is 10.7. The van der Waals surface area contributed by atoms with E-state index >= 15 is 0 Å². The number of aliphatic hydroxyl groups is 2. The Bertz CT molecular complexity index is 686. The summed E-state index contributed by atoms with van der Waals surface area (Å²) in [5.41, 5.74) is 0.975. The zero-order valence-corrected chi connectivity index (χ0v) is 21.8. The molecule has 0 saturated carbocycles. The van der Waals surface area contributed by atoms with E-state index in [1.807, 2.05) is 30.3 Å². The molecular weight excluding hydrogens is 420 g/mol. The summed E-state index contributed by atoms with van der Waals surface area (Å²) in [7, 11) is 0. The van der Waals surface area contributed by atoms with Gasteiger partial charge in [-0.2, -0.15) is 0 Å². The average molecular weight is 472 g/mol. The number of amidine groups is 1. The number of allylic oxidation sites excluding steroid dienone is 2. The molecule has 0 aromatic heterocycles. The number of benzene rings is 1. The molecule has 192 valence electrons. The number of β-amino-alcohol motifs (C(OH)–C–C–N with tert-alkyl or cyclic N) is 2. The number of rotatable bonds is 20. The van der Waals surface area contributed by atoms with E-state index in [9.17, 15) is 10.2 Å². The highest BCUT2D eigenvalue weighted by molar-refractivity contribution is 5.78. The van der Waals surface area contributed by atoms with Gasteiger partial charge >= 0.3 is 0 Å². The smallest absolute Gasteiger partial charge is 0.247 e. The Morgan fingerprint density at radius 1 is 0.882 bits per heavy atom. The van der Waals surface area contributed by atoms with Crippen molar-refractivity contribution in [2.45, 2.75) is 103 Å². The lowest BCUT2D eigenvalue weighted by Crippen LogP contribution is -2.32. The first-order chi connectivity index (χ1) is 16.8. The van der Waals surface area contributed by atoms with Crippen LogP contribution in [0.25, 0.3) is 0 Å². The van der Waals surface area contributed by atoms with Gasteiger partial charge in [-0.15, -0.1) is 0 Å². The van der Waals surface area contributed by atoms with E-state index in [-0.39, 0.29) is 6.61 Å². The maximum Gasteiger partial charge on any atom is 0.247 e. The normalized spacial score (nSPS) is 15.1. The van der Waals surface area contributed by atoms with Gasteiger partial charge in [-0.3, -0.25) is 9.48 Å². The summed E-state index contributed by atoms with van der Waals surface area (Å²) in [6.07, 6.45) is 22.5. The van der Waals surface area contributed by atoms with Crippen LogP contribution in [0.2, 0.25) is 0 Å². The highest BCUT2D eigenvalue weighted by atomic mass is 16.3. The molecule has 1 aliphatic heterocycles. The van der Waals surface area contributed by atoms with Crippen molar-refractivity contribution in [1.82, 2.24) is 4.90 Å². The van der Waals surface area contributed by atoms with Crippen molar-refractivity contribution >= 4 is 5.84 Å². The van der Waals surface area contributed by atoms with Gasteiger partial charge in [0, 0.05) is 6.42 Å². The zero-order chi connectivity index (χ0) is 24.3. The van der Waals surface area contributed by atoms with Crippen LogP contribution in [0, 0.1) is 0 Å². The number of hydrogen-bond acceptors (Lipinski definition) is 3. The Kier molecular flexibility index (Phi) is 15.7. The SMILES string of the molecule is CCCCCCCC/C=C\CCCCCCCC1=[N+](CC(O)c2ccccc2)CCN1CCO. The zero-order valence-electron chi connectivity index (χ0n) is 21.8. The molecule has 4 heteroatoms. The molecule has 0 saturated heterocycles. The molecule has 0 amide bonds. The van der Waals surface area contributed by atoms with Crippen molar-refractivity contribution in [3.8, 4) is 0 Å². The molecular formula is C30H51N2O2+. The molecule has 0 spiro atoms. The second-order valence-corrected chi connectivity index (χ2v) is 9.83. The predicted molar refractivity (Wildman–Crippen MR) is 145 cm³/mol. The van der Waals surface area contributed by atoms with E-state index < -0.39 is 6.10 Å². The predicted octanol–water partition coefficient (Wildman–Crippen LogP) is 6.48. The van der Waals surface area contributed by atoms with Gasteiger partial charge in [-0.1, -0.05) is 101 Å². The molecule has 2 N–H and O–H groups in total. The van der Waals surface area contributed by atoms with Gasteiger partial charge < -0.3 is 10.2 Å². The molecule has 1 aliphatic rings. The Morgan fingerprint density at radius 2 is 1.50 bits per heavy atom. The highest BCUT2D eigenvalue weighted by Crippen LogP contribution is 2.17. The van der Waals surface area contributed by atoms with Crippen molar-refractivity contribution in [2.24, 2.45) is 0 Å². The third kappa shape index (κ3) is 11.7. The first-order valence-corrected chi connectivity index (χ1v) is 14.1. The fraction of sp³-hybridized carbons (Fsp3) is 0.700. The van der Waals surface area contributed by atoms with Crippen molar-refractivity contribution in [2.75, 3.05) is 32.8 Å². The van der Waals surface area contributed by atoms with Crippen LogP contribution in [-0.2, 0) is 0 Å². The number of unbranched alkanes of at least 4 members (excludes halogenated alkanes) is 11. The van der Waals surface area contributed by atoms with E-state index in [4.69, 9.17) is 0 Å². The van der Waals surface area contributed by atoms with Crippen LogP contribution < -0.4 is 0 Å². The minimum absolute atomic E-state index is 0.185. The van der Waals surface area contributed by atoms with E-state index in [2.05, 4.69) is 28.6 Å². The Morgan fingerprint density at radius 3 is 2.15 bits per heavy atom. The van der Waals surface area contributed by atoms with Gasteiger partial charge in [0.1, 0.15) is 32.3 Å². The van der Waals surface area contributed by atoms with Gasteiger partial charge in [0.15, 0.2) is 0 Å². The van der Waals surface area contributed by atoms with Crippen LogP contribution in [0.1, 0.15) is 108 Å². The summed E-state index contributed by atoms with van der Waals surface area (Å²) in [5, 5.41) is 20.2. The topological polar surface area (TPSA) is 46.7 Å². The molecule has 0 aliphatic carbocycles. The van der Waals surface area contributed by atoms with E-state index in [0.29, 0.717) is 13.1 Å². The summed E-state index contributed by atoms with van der Waals surface area (Å²) in [6.45, 7) is 5.67. The third-order valence-corrected chi connectivity index (χ3v) is 6.98. The molecule has 4 nitrogen and oxygen atoms in total. The molecule has 1 atom stereocenters. The first kappa shape index (κ1) is 28.6. The number of hydrogen-bond donors (Lipinski definition) is 2. The molecule has 1 aromatic carbocycles.